The molecule has 1 fully saturated rings. The van der Waals surface area contributed by atoms with Crippen molar-refractivity contribution in [3.05, 3.63) is 48.7 Å². The number of amides is 4. The van der Waals surface area contributed by atoms with Crippen molar-refractivity contribution in [1.82, 2.24) is 30.8 Å². The minimum absolute atomic E-state index is 0.126. The molecule has 0 radical (unpaired) electrons. The first-order valence-electron chi connectivity index (χ1n) is 11.4. The number of allylic oxidation sites excluding steroid dienone is 1. The van der Waals surface area contributed by atoms with Crippen molar-refractivity contribution < 1.29 is 19.2 Å². The number of likely N-dealkylation sites (tertiary alicyclic amines) is 1. The lowest BCUT2D eigenvalue weighted by Crippen LogP contribution is -2.57. The number of rotatable bonds is 10. The maximum atomic E-state index is 13.5. The molecule has 1 saturated heterocycles. The minimum Gasteiger partial charge on any atom is -0.350 e. The van der Waals surface area contributed by atoms with Gasteiger partial charge in [-0.2, -0.15) is 0 Å². The second-order valence-electron chi connectivity index (χ2n) is 8.48. The van der Waals surface area contributed by atoms with Gasteiger partial charge in [0.25, 0.3) is 0 Å². The van der Waals surface area contributed by atoms with Gasteiger partial charge in [0.15, 0.2) is 0 Å². The van der Waals surface area contributed by atoms with Gasteiger partial charge in [0.2, 0.25) is 23.6 Å². The summed E-state index contributed by atoms with van der Waals surface area (Å²) in [4.78, 5) is 60.1. The molecule has 1 aliphatic rings. The fourth-order valence-corrected chi connectivity index (χ4v) is 3.71. The summed E-state index contributed by atoms with van der Waals surface area (Å²) < 4.78 is 0. The molecule has 1 aromatic heterocycles. The Kier molecular flexibility index (Phi) is 9.47. The Morgan fingerprint density at radius 1 is 1.12 bits per heavy atom. The summed E-state index contributed by atoms with van der Waals surface area (Å²) in [5.74, 6) is -1.72. The Morgan fingerprint density at radius 2 is 1.76 bits per heavy atom. The smallest absolute Gasteiger partial charge is 0.250 e. The van der Waals surface area contributed by atoms with Crippen molar-refractivity contribution in [3.63, 3.8) is 0 Å². The lowest BCUT2D eigenvalue weighted by molar-refractivity contribution is -0.140. The van der Waals surface area contributed by atoms with Crippen molar-refractivity contribution in [2.75, 3.05) is 0 Å². The summed E-state index contributed by atoms with van der Waals surface area (Å²) in [5, 5.41) is 8.21. The average Bonchev–Trinajstić information content (AvgIpc) is 3.13. The summed E-state index contributed by atoms with van der Waals surface area (Å²) in [5.41, 5.74) is 1.65. The van der Waals surface area contributed by atoms with E-state index in [1.54, 1.807) is 19.3 Å². The standard InChI is InChI=1S/C24H34N6O4/c1-7-14(3)21(28-17(6)31)23(33)29-19(8-2)24(34)30-16(5)15(4)9-20(30)22(32)27-12-18-10-25-13-26-11-18/h10-11,13-14,19-21H,4-5,7-9,12H2,1-3,6H3,(H,27,32)(H,28,31)(H,29,33)/t14-,19-,20-,21-/m0/s1. The molecule has 2 rings (SSSR count). The molecule has 10 nitrogen and oxygen atoms in total. The first-order chi connectivity index (χ1) is 16.1. The van der Waals surface area contributed by atoms with Gasteiger partial charge in [-0.05, 0) is 17.9 Å². The average molecular weight is 471 g/mol. The van der Waals surface area contributed by atoms with Gasteiger partial charge in [-0.15, -0.1) is 0 Å². The van der Waals surface area contributed by atoms with Gasteiger partial charge in [0, 0.05) is 43.5 Å². The van der Waals surface area contributed by atoms with Crippen molar-refractivity contribution in [2.45, 2.75) is 71.6 Å². The molecule has 0 bridgehead atoms. The molecule has 34 heavy (non-hydrogen) atoms. The molecule has 1 aliphatic heterocycles. The molecule has 184 valence electrons. The summed E-state index contributed by atoms with van der Waals surface area (Å²) in [6.45, 7) is 15.0. The molecule has 2 heterocycles. The van der Waals surface area contributed by atoms with E-state index in [1.807, 2.05) is 13.8 Å². The Hall–Kier alpha value is -3.56. The van der Waals surface area contributed by atoms with Gasteiger partial charge >= 0.3 is 0 Å². The van der Waals surface area contributed by atoms with Crippen LogP contribution in [-0.4, -0.2) is 56.6 Å². The van der Waals surface area contributed by atoms with E-state index in [0.29, 0.717) is 24.1 Å². The third-order valence-electron chi connectivity index (χ3n) is 5.95. The van der Waals surface area contributed by atoms with Gasteiger partial charge in [0.05, 0.1) is 0 Å². The maximum absolute atomic E-state index is 13.5. The van der Waals surface area contributed by atoms with Crippen LogP contribution in [0.1, 0.15) is 52.5 Å². The van der Waals surface area contributed by atoms with Crippen LogP contribution in [0.4, 0.5) is 0 Å². The van der Waals surface area contributed by atoms with Crippen LogP contribution < -0.4 is 16.0 Å². The lowest BCUT2D eigenvalue weighted by Gasteiger charge is -2.30. The van der Waals surface area contributed by atoms with Crippen molar-refractivity contribution in [2.24, 2.45) is 5.92 Å². The van der Waals surface area contributed by atoms with Gasteiger partial charge in [-0.1, -0.05) is 40.3 Å². The van der Waals surface area contributed by atoms with Crippen LogP contribution >= 0.6 is 0 Å². The van der Waals surface area contributed by atoms with E-state index in [1.165, 1.54) is 18.2 Å². The zero-order chi connectivity index (χ0) is 25.4. The van der Waals surface area contributed by atoms with E-state index in [-0.39, 0.29) is 30.7 Å². The van der Waals surface area contributed by atoms with E-state index in [4.69, 9.17) is 0 Å². The Morgan fingerprint density at radius 3 is 2.32 bits per heavy atom. The van der Waals surface area contributed by atoms with Crippen LogP contribution in [0.2, 0.25) is 0 Å². The van der Waals surface area contributed by atoms with Crippen LogP contribution in [-0.2, 0) is 25.7 Å². The monoisotopic (exact) mass is 470 g/mol. The van der Waals surface area contributed by atoms with Crippen molar-refractivity contribution >= 4 is 23.6 Å². The molecule has 0 unspecified atom stereocenters. The highest BCUT2D eigenvalue weighted by molar-refractivity contribution is 5.96. The fourth-order valence-electron chi connectivity index (χ4n) is 3.71. The van der Waals surface area contributed by atoms with Crippen LogP contribution in [0.3, 0.4) is 0 Å². The third kappa shape index (κ3) is 6.49. The zero-order valence-electron chi connectivity index (χ0n) is 20.3. The van der Waals surface area contributed by atoms with Gasteiger partial charge in [0.1, 0.15) is 24.5 Å². The Balaban J connectivity index is 2.16. The highest BCUT2D eigenvalue weighted by Gasteiger charge is 2.41. The van der Waals surface area contributed by atoms with E-state index in [2.05, 4.69) is 39.1 Å². The highest BCUT2D eigenvalue weighted by Crippen LogP contribution is 2.31. The quantitative estimate of drug-likeness (QED) is 0.471. The highest BCUT2D eigenvalue weighted by atomic mass is 16.2. The van der Waals surface area contributed by atoms with Crippen LogP contribution in [0.25, 0.3) is 0 Å². The fraction of sp³-hybridized carbons (Fsp3) is 0.500. The normalized spacial score (nSPS) is 18.1. The molecule has 0 saturated carbocycles. The Bertz CT molecular complexity index is 948. The molecule has 0 aromatic carbocycles. The molecule has 0 aliphatic carbocycles. The number of nitrogens with one attached hydrogen (secondary N) is 3. The number of hydrogen-bond donors (Lipinski definition) is 3. The summed E-state index contributed by atoms with van der Waals surface area (Å²) in [7, 11) is 0. The lowest BCUT2D eigenvalue weighted by atomic mass is 9.97. The second kappa shape index (κ2) is 12.1. The summed E-state index contributed by atoms with van der Waals surface area (Å²) >= 11 is 0. The molecule has 4 amide bonds. The number of hydrogen-bond acceptors (Lipinski definition) is 6. The SMILES string of the molecule is C=C1C[C@@H](C(=O)NCc2cncnc2)N(C(=O)[C@H](CC)NC(=O)[C@@H](NC(C)=O)[C@@H](C)CC)C1=C. The van der Waals surface area contributed by atoms with E-state index in [9.17, 15) is 19.2 Å². The molecular formula is C24H34N6O4. The number of carbonyl (C=O) groups is 4. The first kappa shape index (κ1) is 26.7. The predicted octanol–water partition coefficient (Wildman–Crippen LogP) is 1.21. The minimum atomic E-state index is -0.895. The van der Waals surface area contributed by atoms with Crippen LogP contribution in [0, 0.1) is 5.92 Å². The second-order valence-corrected chi connectivity index (χ2v) is 8.48. The zero-order valence-corrected chi connectivity index (χ0v) is 20.3. The van der Waals surface area contributed by atoms with E-state index >= 15 is 0 Å². The summed E-state index contributed by atoms with van der Waals surface area (Å²) in [6, 6.07) is -2.50. The number of carbonyl (C=O) groups excluding carboxylic acids is 4. The third-order valence-corrected chi connectivity index (χ3v) is 5.95. The van der Waals surface area contributed by atoms with Gasteiger partial charge < -0.3 is 16.0 Å². The first-order valence-corrected chi connectivity index (χ1v) is 11.4. The van der Waals surface area contributed by atoms with Gasteiger partial charge in [-0.3, -0.25) is 24.1 Å². The Labute approximate surface area is 200 Å². The van der Waals surface area contributed by atoms with Gasteiger partial charge in [-0.25, -0.2) is 9.97 Å². The number of nitrogens with zero attached hydrogens (tertiary/aromatic N) is 3. The topological polar surface area (TPSA) is 133 Å². The molecule has 3 N–H and O–H groups in total. The van der Waals surface area contributed by atoms with E-state index in [0.717, 1.165) is 5.56 Å². The molecular weight excluding hydrogens is 436 g/mol. The number of aromatic nitrogens is 2. The van der Waals surface area contributed by atoms with Crippen molar-refractivity contribution in [3.8, 4) is 0 Å². The molecule has 10 heteroatoms. The van der Waals surface area contributed by atoms with Crippen LogP contribution in [0.15, 0.2) is 43.1 Å². The molecule has 1 aromatic rings. The molecule has 4 atom stereocenters. The maximum Gasteiger partial charge on any atom is 0.250 e. The largest absolute Gasteiger partial charge is 0.350 e. The van der Waals surface area contributed by atoms with E-state index < -0.39 is 29.9 Å². The summed E-state index contributed by atoms with van der Waals surface area (Å²) in [6.07, 6.45) is 5.79. The van der Waals surface area contributed by atoms with Crippen molar-refractivity contribution in [1.29, 1.82) is 0 Å². The molecule has 0 spiro atoms. The predicted molar refractivity (Wildman–Crippen MR) is 127 cm³/mol. The van der Waals surface area contributed by atoms with Crippen LogP contribution in [0.5, 0.6) is 0 Å².